The number of nitrogens with zero attached hydrogens (tertiary/aromatic N) is 1. The number of H-pyrrole nitrogens is 1. The van der Waals surface area contributed by atoms with Crippen LogP contribution in [0.4, 0.5) is 0 Å². The second-order valence-corrected chi connectivity index (χ2v) is 4.58. The van der Waals surface area contributed by atoms with Crippen LogP contribution in [-0.2, 0) is 6.42 Å². The number of rotatable bonds is 5. The molecule has 0 bridgehead atoms. The summed E-state index contributed by atoms with van der Waals surface area (Å²) in [6.07, 6.45) is 3.86. The minimum absolute atomic E-state index is 0.722. The van der Waals surface area contributed by atoms with Gasteiger partial charge in [0.15, 0.2) is 5.16 Å². The third-order valence-corrected chi connectivity index (χ3v) is 3.12. The second kappa shape index (κ2) is 5.72. The molecule has 84 valence electrons. The summed E-state index contributed by atoms with van der Waals surface area (Å²) in [7, 11) is 0. The fourth-order valence-corrected chi connectivity index (χ4v) is 2.21. The van der Waals surface area contributed by atoms with Crippen LogP contribution >= 0.6 is 11.8 Å². The van der Waals surface area contributed by atoms with Crippen LogP contribution in [0.1, 0.15) is 12.1 Å². The summed E-state index contributed by atoms with van der Waals surface area (Å²) in [5, 5.41) is 0.943. The van der Waals surface area contributed by atoms with Gasteiger partial charge in [-0.25, -0.2) is 4.98 Å². The molecule has 0 unspecified atom stereocenters. The molecule has 0 spiro atoms. The molecule has 4 heteroatoms. The van der Waals surface area contributed by atoms with E-state index in [0.717, 1.165) is 30.2 Å². The Morgan fingerprint density at radius 1 is 1.25 bits per heavy atom. The van der Waals surface area contributed by atoms with Crippen molar-refractivity contribution < 1.29 is 0 Å². The van der Waals surface area contributed by atoms with Crippen LogP contribution < -0.4 is 5.73 Å². The number of nitrogens with two attached hydrogens (primary N) is 1. The van der Waals surface area contributed by atoms with Crippen molar-refractivity contribution in [2.75, 3.05) is 6.54 Å². The highest BCUT2D eigenvalue weighted by molar-refractivity contribution is 7.99. The topological polar surface area (TPSA) is 54.7 Å². The maximum atomic E-state index is 5.47. The summed E-state index contributed by atoms with van der Waals surface area (Å²) < 4.78 is 0. The third-order valence-electron chi connectivity index (χ3n) is 2.21. The Hall–Kier alpha value is -1.26. The van der Waals surface area contributed by atoms with Gasteiger partial charge in [0.1, 0.15) is 0 Å². The quantitative estimate of drug-likeness (QED) is 0.834. The maximum Gasteiger partial charge on any atom is 0.170 e. The van der Waals surface area contributed by atoms with E-state index in [1.54, 1.807) is 11.8 Å². The van der Waals surface area contributed by atoms with Gasteiger partial charge in [-0.15, -0.1) is 0 Å². The van der Waals surface area contributed by atoms with Crippen LogP contribution in [0.2, 0.25) is 0 Å². The van der Waals surface area contributed by atoms with E-state index in [1.807, 2.05) is 24.4 Å². The van der Waals surface area contributed by atoms with Gasteiger partial charge >= 0.3 is 0 Å². The monoisotopic (exact) mass is 233 g/mol. The van der Waals surface area contributed by atoms with Crippen LogP contribution in [0.15, 0.2) is 46.6 Å². The van der Waals surface area contributed by atoms with Crippen molar-refractivity contribution in [3.05, 3.63) is 42.2 Å². The number of nitrogens with one attached hydrogen (secondary N) is 1. The highest BCUT2D eigenvalue weighted by Gasteiger charge is 2.02. The molecule has 0 aliphatic carbocycles. The largest absolute Gasteiger partial charge is 0.337 e. The fraction of sp³-hybridized carbons (Fsp3) is 0.250. The van der Waals surface area contributed by atoms with Crippen molar-refractivity contribution in [3.63, 3.8) is 0 Å². The van der Waals surface area contributed by atoms with E-state index < -0.39 is 0 Å². The first-order chi connectivity index (χ1) is 7.88. The van der Waals surface area contributed by atoms with Crippen molar-refractivity contribution in [3.8, 4) is 0 Å². The van der Waals surface area contributed by atoms with Gasteiger partial charge in [0.05, 0.1) is 0 Å². The predicted octanol–water partition coefficient (Wildman–Crippen LogP) is 2.45. The fourth-order valence-electron chi connectivity index (χ4n) is 1.41. The van der Waals surface area contributed by atoms with Gasteiger partial charge in [-0.1, -0.05) is 30.0 Å². The summed E-state index contributed by atoms with van der Waals surface area (Å²) in [5.74, 6) is 0. The normalized spacial score (nSPS) is 10.6. The summed E-state index contributed by atoms with van der Waals surface area (Å²) in [6, 6.07) is 10.2. The molecule has 0 saturated heterocycles. The standard InChI is InChI=1S/C12H15N3S/c13-8-4-5-10-9-14-12(15-10)16-11-6-2-1-3-7-11/h1-3,6-7,9H,4-5,8,13H2,(H,14,15). The predicted molar refractivity (Wildman–Crippen MR) is 66.5 cm³/mol. The van der Waals surface area contributed by atoms with Crippen molar-refractivity contribution in [2.24, 2.45) is 5.73 Å². The minimum Gasteiger partial charge on any atom is -0.337 e. The Labute approximate surface area is 99.5 Å². The Balaban J connectivity index is 1.97. The zero-order valence-electron chi connectivity index (χ0n) is 9.02. The van der Waals surface area contributed by atoms with E-state index in [2.05, 4.69) is 22.1 Å². The van der Waals surface area contributed by atoms with Crippen molar-refractivity contribution in [1.82, 2.24) is 9.97 Å². The lowest BCUT2D eigenvalue weighted by Gasteiger charge is -1.96. The molecule has 0 saturated carbocycles. The van der Waals surface area contributed by atoms with Gasteiger partial charge in [-0.05, 0) is 31.5 Å². The molecule has 0 aliphatic rings. The molecule has 3 N–H and O–H groups in total. The molecule has 3 nitrogen and oxygen atoms in total. The highest BCUT2D eigenvalue weighted by Crippen LogP contribution is 2.24. The van der Waals surface area contributed by atoms with Crippen molar-refractivity contribution in [1.29, 1.82) is 0 Å². The molecule has 0 radical (unpaired) electrons. The number of benzene rings is 1. The number of imidazole rings is 1. The second-order valence-electron chi connectivity index (χ2n) is 3.52. The van der Waals surface area contributed by atoms with Gasteiger partial charge in [0.25, 0.3) is 0 Å². The van der Waals surface area contributed by atoms with Crippen molar-refractivity contribution in [2.45, 2.75) is 22.9 Å². The van der Waals surface area contributed by atoms with Gasteiger partial charge in [-0.3, -0.25) is 0 Å². The lowest BCUT2D eigenvalue weighted by molar-refractivity contribution is 0.809. The van der Waals surface area contributed by atoms with E-state index in [4.69, 9.17) is 5.73 Å². The Morgan fingerprint density at radius 3 is 2.81 bits per heavy atom. The van der Waals surface area contributed by atoms with Crippen LogP contribution in [0, 0.1) is 0 Å². The molecule has 2 rings (SSSR count). The zero-order chi connectivity index (χ0) is 11.2. The Bertz CT molecular complexity index is 425. The van der Waals surface area contributed by atoms with Crippen LogP contribution in [0.3, 0.4) is 0 Å². The summed E-state index contributed by atoms with van der Waals surface area (Å²) in [5.41, 5.74) is 6.62. The summed E-state index contributed by atoms with van der Waals surface area (Å²) in [4.78, 5) is 8.82. The molecule has 1 aromatic heterocycles. The average molecular weight is 233 g/mol. The molecule has 1 aromatic carbocycles. The van der Waals surface area contributed by atoms with Crippen LogP contribution in [-0.4, -0.2) is 16.5 Å². The molecule has 1 heterocycles. The number of aryl methyl sites for hydroxylation is 1. The van der Waals surface area contributed by atoms with Gasteiger partial charge in [-0.2, -0.15) is 0 Å². The summed E-state index contributed by atoms with van der Waals surface area (Å²) in [6.45, 7) is 0.722. The van der Waals surface area contributed by atoms with Crippen LogP contribution in [0.5, 0.6) is 0 Å². The number of aromatic nitrogens is 2. The first kappa shape index (κ1) is 11.2. The average Bonchev–Trinajstić information content (AvgIpc) is 2.75. The Kier molecular flexibility index (Phi) is 4.02. The van der Waals surface area contributed by atoms with E-state index in [9.17, 15) is 0 Å². The Morgan fingerprint density at radius 2 is 2.06 bits per heavy atom. The molecule has 2 aromatic rings. The summed E-state index contributed by atoms with van der Waals surface area (Å²) >= 11 is 1.64. The van der Waals surface area contributed by atoms with E-state index in [-0.39, 0.29) is 0 Å². The molecule has 0 fully saturated rings. The molecule has 0 atom stereocenters. The molecule has 16 heavy (non-hydrogen) atoms. The molecule has 0 amide bonds. The van der Waals surface area contributed by atoms with Gasteiger partial charge in [0.2, 0.25) is 0 Å². The molecule has 0 aliphatic heterocycles. The molecular weight excluding hydrogens is 218 g/mol. The number of hydrogen-bond donors (Lipinski definition) is 2. The highest BCUT2D eigenvalue weighted by atomic mass is 32.2. The number of hydrogen-bond acceptors (Lipinski definition) is 3. The van der Waals surface area contributed by atoms with E-state index in [1.165, 1.54) is 4.90 Å². The SMILES string of the molecule is NCCCc1cnc(Sc2ccccc2)[nH]1. The van der Waals surface area contributed by atoms with Gasteiger partial charge in [0, 0.05) is 16.8 Å². The lowest BCUT2D eigenvalue weighted by atomic mass is 10.2. The van der Waals surface area contributed by atoms with Gasteiger partial charge < -0.3 is 10.7 Å². The van der Waals surface area contributed by atoms with E-state index in [0.29, 0.717) is 0 Å². The lowest BCUT2D eigenvalue weighted by Crippen LogP contribution is -2.00. The molecular formula is C12H15N3S. The van der Waals surface area contributed by atoms with Crippen molar-refractivity contribution >= 4 is 11.8 Å². The third kappa shape index (κ3) is 3.12. The minimum atomic E-state index is 0.722. The first-order valence-electron chi connectivity index (χ1n) is 5.35. The first-order valence-corrected chi connectivity index (χ1v) is 6.17. The smallest absolute Gasteiger partial charge is 0.170 e. The van der Waals surface area contributed by atoms with Crippen LogP contribution in [0.25, 0.3) is 0 Å². The number of aromatic amines is 1. The van der Waals surface area contributed by atoms with E-state index >= 15 is 0 Å². The zero-order valence-corrected chi connectivity index (χ0v) is 9.83. The maximum absolute atomic E-state index is 5.47.